The first kappa shape index (κ1) is 13.9. The molecule has 3 aliphatic rings. The summed E-state index contributed by atoms with van der Waals surface area (Å²) >= 11 is 0. The number of hydrogen-bond acceptors (Lipinski definition) is 2. The fourth-order valence-electron chi connectivity index (χ4n) is 4.33. The van der Waals surface area contributed by atoms with Crippen molar-refractivity contribution in [1.29, 1.82) is 0 Å². The number of nitrogens with zero attached hydrogens (tertiary/aromatic N) is 2. The van der Waals surface area contributed by atoms with Crippen LogP contribution in [-0.4, -0.2) is 37.0 Å². The van der Waals surface area contributed by atoms with Crippen molar-refractivity contribution < 1.29 is 4.79 Å². The number of allylic oxidation sites excluding steroid dienone is 2. The van der Waals surface area contributed by atoms with E-state index in [2.05, 4.69) is 52.3 Å². The Kier molecular flexibility index (Phi) is 3.65. The van der Waals surface area contributed by atoms with E-state index in [4.69, 9.17) is 0 Å². The molecule has 1 aliphatic heterocycles. The van der Waals surface area contributed by atoms with Crippen LogP contribution in [0.5, 0.6) is 0 Å². The summed E-state index contributed by atoms with van der Waals surface area (Å²) in [6.45, 7) is 3.78. The number of para-hydroxylation sites is 1. The van der Waals surface area contributed by atoms with Crippen molar-refractivity contribution in [3.63, 3.8) is 0 Å². The van der Waals surface area contributed by atoms with E-state index < -0.39 is 0 Å². The van der Waals surface area contributed by atoms with Gasteiger partial charge in [-0.1, -0.05) is 30.4 Å². The van der Waals surface area contributed by atoms with E-state index in [0.717, 1.165) is 39.0 Å². The smallest absolute Gasteiger partial charge is 0.226 e. The standard InChI is InChI=1S/C19H24N2O/c22-19(18-14-15-7-8-16(18)13-15)21-10-4-9-20(11-12-21)17-5-2-1-3-6-17/h1-3,5-8,15-16,18H,4,9-14H2/t15-,16-,18-/m0/s1. The third-order valence-electron chi connectivity index (χ3n) is 5.53. The molecule has 1 heterocycles. The zero-order chi connectivity index (χ0) is 14.9. The molecule has 2 aliphatic carbocycles. The lowest BCUT2D eigenvalue weighted by Gasteiger charge is -2.27. The lowest BCUT2D eigenvalue weighted by molar-refractivity contribution is -0.136. The van der Waals surface area contributed by atoms with Crippen molar-refractivity contribution in [1.82, 2.24) is 4.90 Å². The molecule has 1 saturated heterocycles. The van der Waals surface area contributed by atoms with Crippen molar-refractivity contribution in [2.75, 3.05) is 31.1 Å². The number of rotatable bonds is 2. The van der Waals surface area contributed by atoms with E-state index in [1.165, 1.54) is 12.1 Å². The number of anilines is 1. The van der Waals surface area contributed by atoms with Gasteiger partial charge in [-0.15, -0.1) is 0 Å². The van der Waals surface area contributed by atoms with Gasteiger partial charge in [0.1, 0.15) is 0 Å². The highest BCUT2D eigenvalue weighted by Gasteiger charge is 2.41. The lowest BCUT2D eigenvalue weighted by Crippen LogP contribution is -2.40. The largest absolute Gasteiger partial charge is 0.370 e. The fraction of sp³-hybridized carbons (Fsp3) is 0.526. The minimum absolute atomic E-state index is 0.262. The Morgan fingerprint density at radius 1 is 0.955 bits per heavy atom. The predicted molar refractivity (Wildman–Crippen MR) is 88.7 cm³/mol. The third kappa shape index (κ3) is 2.53. The monoisotopic (exact) mass is 296 g/mol. The summed E-state index contributed by atoms with van der Waals surface area (Å²) < 4.78 is 0. The average Bonchev–Trinajstić information content (AvgIpc) is 3.11. The maximum Gasteiger partial charge on any atom is 0.226 e. The van der Waals surface area contributed by atoms with Gasteiger partial charge in [-0.25, -0.2) is 0 Å². The van der Waals surface area contributed by atoms with E-state index >= 15 is 0 Å². The summed E-state index contributed by atoms with van der Waals surface area (Å²) in [6.07, 6.45) is 7.95. The first-order chi connectivity index (χ1) is 10.8. The first-order valence-electron chi connectivity index (χ1n) is 8.58. The number of carbonyl (C=O) groups excluding carboxylic acids is 1. The van der Waals surface area contributed by atoms with Crippen LogP contribution >= 0.6 is 0 Å². The maximum absolute atomic E-state index is 12.9. The Labute approximate surface area is 132 Å². The second-order valence-electron chi connectivity index (χ2n) is 6.89. The summed E-state index contributed by atoms with van der Waals surface area (Å²) in [5.74, 6) is 1.86. The number of carbonyl (C=O) groups is 1. The molecule has 0 aromatic heterocycles. The Morgan fingerprint density at radius 2 is 1.82 bits per heavy atom. The van der Waals surface area contributed by atoms with E-state index in [1.807, 2.05) is 0 Å². The molecule has 0 unspecified atom stereocenters. The van der Waals surface area contributed by atoms with Crippen LogP contribution in [-0.2, 0) is 4.79 Å². The number of fused-ring (bicyclic) bond motifs is 2. The van der Waals surface area contributed by atoms with Crippen LogP contribution in [0.1, 0.15) is 19.3 Å². The molecular formula is C19H24N2O. The molecular weight excluding hydrogens is 272 g/mol. The van der Waals surface area contributed by atoms with Gasteiger partial charge >= 0.3 is 0 Å². The summed E-state index contributed by atoms with van der Waals surface area (Å²) in [6, 6.07) is 10.6. The minimum atomic E-state index is 0.262. The quantitative estimate of drug-likeness (QED) is 0.783. The van der Waals surface area contributed by atoms with Gasteiger partial charge in [0, 0.05) is 37.8 Å². The van der Waals surface area contributed by atoms with Crippen LogP contribution in [0.15, 0.2) is 42.5 Å². The zero-order valence-corrected chi connectivity index (χ0v) is 13.0. The van der Waals surface area contributed by atoms with Gasteiger partial charge in [0.2, 0.25) is 5.91 Å². The van der Waals surface area contributed by atoms with Gasteiger partial charge in [-0.05, 0) is 43.2 Å². The minimum Gasteiger partial charge on any atom is -0.370 e. The van der Waals surface area contributed by atoms with E-state index in [0.29, 0.717) is 17.7 Å². The summed E-state index contributed by atoms with van der Waals surface area (Å²) in [4.78, 5) is 17.4. The molecule has 116 valence electrons. The first-order valence-corrected chi connectivity index (χ1v) is 8.58. The molecule has 1 amide bonds. The lowest BCUT2D eigenvalue weighted by atomic mass is 9.92. The van der Waals surface area contributed by atoms with Crippen molar-refractivity contribution in [3.05, 3.63) is 42.5 Å². The molecule has 3 atom stereocenters. The van der Waals surface area contributed by atoms with Crippen LogP contribution < -0.4 is 4.90 Å². The highest BCUT2D eigenvalue weighted by molar-refractivity contribution is 5.80. The molecule has 1 aromatic carbocycles. The molecule has 22 heavy (non-hydrogen) atoms. The molecule has 0 N–H and O–H groups in total. The molecule has 3 heteroatoms. The van der Waals surface area contributed by atoms with Crippen molar-refractivity contribution in [2.24, 2.45) is 17.8 Å². The fourth-order valence-corrected chi connectivity index (χ4v) is 4.33. The molecule has 2 fully saturated rings. The van der Waals surface area contributed by atoms with E-state index in [1.54, 1.807) is 0 Å². The van der Waals surface area contributed by atoms with Gasteiger partial charge in [-0.2, -0.15) is 0 Å². The van der Waals surface area contributed by atoms with Gasteiger partial charge in [-0.3, -0.25) is 4.79 Å². The Bertz CT molecular complexity index is 568. The molecule has 4 rings (SSSR count). The van der Waals surface area contributed by atoms with Crippen LogP contribution in [0, 0.1) is 17.8 Å². The van der Waals surface area contributed by atoms with Gasteiger partial charge in [0.25, 0.3) is 0 Å². The van der Waals surface area contributed by atoms with E-state index in [9.17, 15) is 4.79 Å². The maximum atomic E-state index is 12.9. The van der Waals surface area contributed by atoms with Crippen LogP contribution in [0.3, 0.4) is 0 Å². The predicted octanol–water partition coefficient (Wildman–Crippen LogP) is 2.94. The van der Waals surface area contributed by atoms with Gasteiger partial charge in [0.15, 0.2) is 0 Å². The van der Waals surface area contributed by atoms with E-state index in [-0.39, 0.29) is 5.92 Å². The Hall–Kier alpha value is -1.77. The summed E-state index contributed by atoms with van der Waals surface area (Å²) in [5.41, 5.74) is 1.28. The SMILES string of the molecule is O=C([C@H]1C[C@H]2C=C[C@H]1C2)N1CCCN(c2ccccc2)CC1. The normalized spacial score (nSPS) is 30.6. The van der Waals surface area contributed by atoms with Crippen LogP contribution in [0.4, 0.5) is 5.69 Å². The Balaban J connectivity index is 1.40. The van der Waals surface area contributed by atoms with Crippen molar-refractivity contribution in [3.8, 4) is 0 Å². The molecule has 1 saturated carbocycles. The molecule has 1 aromatic rings. The van der Waals surface area contributed by atoms with Crippen LogP contribution in [0.2, 0.25) is 0 Å². The highest BCUT2D eigenvalue weighted by Crippen LogP contribution is 2.44. The van der Waals surface area contributed by atoms with Gasteiger partial charge < -0.3 is 9.80 Å². The molecule has 0 radical (unpaired) electrons. The average molecular weight is 296 g/mol. The topological polar surface area (TPSA) is 23.6 Å². The Morgan fingerprint density at radius 3 is 2.55 bits per heavy atom. The van der Waals surface area contributed by atoms with Crippen molar-refractivity contribution in [2.45, 2.75) is 19.3 Å². The molecule has 2 bridgehead atoms. The zero-order valence-electron chi connectivity index (χ0n) is 13.0. The second kappa shape index (κ2) is 5.79. The van der Waals surface area contributed by atoms with Crippen molar-refractivity contribution >= 4 is 11.6 Å². The second-order valence-corrected chi connectivity index (χ2v) is 6.89. The van der Waals surface area contributed by atoms with Crippen LogP contribution in [0.25, 0.3) is 0 Å². The number of benzene rings is 1. The third-order valence-corrected chi connectivity index (χ3v) is 5.53. The molecule has 0 spiro atoms. The molecule has 3 nitrogen and oxygen atoms in total. The number of hydrogen-bond donors (Lipinski definition) is 0. The highest BCUT2D eigenvalue weighted by atomic mass is 16.2. The number of amides is 1. The summed E-state index contributed by atoms with van der Waals surface area (Å²) in [5, 5.41) is 0. The summed E-state index contributed by atoms with van der Waals surface area (Å²) in [7, 11) is 0. The van der Waals surface area contributed by atoms with Gasteiger partial charge in [0.05, 0.1) is 0 Å².